The maximum absolute atomic E-state index is 12.7. The predicted molar refractivity (Wildman–Crippen MR) is 128 cm³/mol. The molecule has 0 spiro atoms. The van der Waals surface area contributed by atoms with E-state index < -0.39 is 18.0 Å². The van der Waals surface area contributed by atoms with Crippen LogP contribution in [0.4, 0.5) is 10.6 Å². The number of nitrogens with zero attached hydrogens (tertiary/aromatic N) is 2. The van der Waals surface area contributed by atoms with Crippen molar-refractivity contribution in [1.29, 1.82) is 0 Å². The second-order valence-electron chi connectivity index (χ2n) is 9.01. The summed E-state index contributed by atoms with van der Waals surface area (Å²) in [6, 6.07) is 17.5. The lowest BCUT2D eigenvalue weighted by Crippen LogP contribution is -2.34. The number of carboxylic acids is 1. The normalized spacial score (nSPS) is 18.5. The molecule has 1 fully saturated rings. The van der Waals surface area contributed by atoms with Crippen LogP contribution in [-0.4, -0.2) is 45.5 Å². The fourth-order valence-corrected chi connectivity index (χ4v) is 5.08. The lowest BCUT2D eigenvalue weighted by molar-refractivity contribution is -0.141. The van der Waals surface area contributed by atoms with Gasteiger partial charge in [0.2, 0.25) is 0 Å². The molecule has 3 aromatic rings. The van der Waals surface area contributed by atoms with Crippen LogP contribution in [0.25, 0.3) is 11.1 Å². The molecule has 1 saturated carbocycles. The lowest BCUT2D eigenvalue weighted by atomic mass is 9.98. The third kappa shape index (κ3) is 4.49. The summed E-state index contributed by atoms with van der Waals surface area (Å²) in [5.41, 5.74) is 4.80. The Morgan fingerprint density at radius 3 is 2.34 bits per heavy atom. The van der Waals surface area contributed by atoms with Crippen LogP contribution >= 0.6 is 0 Å². The highest BCUT2D eigenvalue weighted by molar-refractivity contribution is 5.94. The van der Waals surface area contributed by atoms with Gasteiger partial charge >= 0.3 is 12.1 Å². The second kappa shape index (κ2) is 9.25. The van der Waals surface area contributed by atoms with E-state index in [4.69, 9.17) is 9.84 Å². The Bertz CT molecular complexity index is 1250. The Kier molecular flexibility index (Phi) is 5.98. The smallest absolute Gasteiger partial charge is 0.412 e. The number of anilines is 1. The monoisotopic (exact) mass is 474 g/mol. The summed E-state index contributed by atoms with van der Waals surface area (Å²) in [7, 11) is 1.60. The number of nitrogens with one attached hydrogen (secondary N) is 2. The molecule has 1 heterocycles. The predicted octanol–water partition coefficient (Wildman–Crippen LogP) is 3.76. The van der Waals surface area contributed by atoms with Crippen LogP contribution < -0.4 is 10.6 Å². The average Bonchev–Trinajstić information content (AvgIpc) is 3.54. The summed E-state index contributed by atoms with van der Waals surface area (Å²) in [6.45, 7) is 0.173. The van der Waals surface area contributed by atoms with E-state index in [1.54, 1.807) is 7.05 Å². The van der Waals surface area contributed by atoms with Crippen LogP contribution in [0.15, 0.2) is 54.6 Å². The largest absolute Gasteiger partial charge is 0.481 e. The second-order valence-corrected chi connectivity index (χ2v) is 9.01. The topological polar surface area (TPSA) is 123 Å². The van der Waals surface area contributed by atoms with Gasteiger partial charge in [0.25, 0.3) is 5.91 Å². The molecule has 2 aliphatic carbocycles. The number of hydrogen-bond donors (Lipinski definition) is 3. The zero-order valence-corrected chi connectivity index (χ0v) is 19.2. The van der Waals surface area contributed by atoms with Gasteiger partial charge in [-0.1, -0.05) is 48.5 Å². The molecule has 9 nitrogen and oxygen atoms in total. The van der Waals surface area contributed by atoms with Gasteiger partial charge in [0.1, 0.15) is 12.3 Å². The first-order valence-electron chi connectivity index (χ1n) is 11.6. The van der Waals surface area contributed by atoms with Crippen molar-refractivity contribution in [2.24, 2.45) is 13.0 Å². The van der Waals surface area contributed by atoms with Gasteiger partial charge in [-0.05, 0) is 41.5 Å². The van der Waals surface area contributed by atoms with Crippen LogP contribution in [0.2, 0.25) is 0 Å². The van der Waals surface area contributed by atoms with E-state index in [1.807, 2.05) is 36.4 Å². The number of carbonyl (C=O) groups is 3. The Hall–Kier alpha value is -4.14. The molecule has 0 bridgehead atoms. The molecule has 2 atom stereocenters. The molecule has 35 heavy (non-hydrogen) atoms. The quantitative estimate of drug-likeness (QED) is 0.500. The van der Waals surface area contributed by atoms with Crippen molar-refractivity contribution in [2.45, 2.75) is 31.2 Å². The van der Waals surface area contributed by atoms with Crippen molar-refractivity contribution in [2.75, 3.05) is 11.9 Å². The lowest BCUT2D eigenvalue weighted by Gasteiger charge is -2.14. The number of aliphatic carboxylic acids is 1. The summed E-state index contributed by atoms with van der Waals surface area (Å²) in [4.78, 5) is 36.3. The molecule has 0 unspecified atom stereocenters. The van der Waals surface area contributed by atoms with Gasteiger partial charge in [0, 0.05) is 25.1 Å². The van der Waals surface area contributed by atoms with Crippen LogP contribution in [-0.2, 0) is 16.6 Å². The molecule has 3 N–H and O–H groups in total. The van der Waals surface area contributed by atoms with E-state index in [2.05, 4.69) is 27.9 Å². The number of ether oxygens (including phenoxy) is 1. The van der Waals surface area contributed by atoms with Crippen LogP contribution in [0.5, 0.6) is 0 Å². The van der Waals surface area contributed by atoms with E-state index in [0.717, 1.165) is 22.3 Å². The SMILES string of the molecule is Cn1nc(NC(=O)OCC2c3ccccc3-c3ccccc32)cc1C(=O)N[C@@H]1CC[C@H](C(=O)O)C1. The first-order valence-corrected chi connectivity index (χ1v) is 11.6. The first-order chi connectivity index (χ1) is 16.9. The fourth-order valence-electron chi connectivity index (χ4n) is 5.08. The summed E-state index contributed by atoms with van der Waals surface area (Å²) in [6.07, 6.45) is 0.909. The molecule has 2 aromatic carbocycles. The van der Waals surface area contributed by atoms with Crippen molar-refractivity contribution < 1.29 is 24.2 Å². The van der Waals surface area contributed by atoms with E-state index >= 15 is 0 Å². The molecule has 2 amide bonds. The van der Waals surface area contributed by atoms with Crippen molar-refractivity contribution >= 4 is 23.8 Å². The molecule has 0 radical (unpaired) electrons. The average molecular weight is 475 g/mol. The number of benzene rings is 2. The van der Waals surface area contributed by atoms with E-state index in [-0.39, 0.29) is 36.0 Å². The van der Waals surface area contributed by atoms with Gasteiger partial charge in [-0.3, -0.25) is 19.6 Å². The standard InChI is InChI=1S/C26H26N4O5/c1-30-22(24(31)27-16-11-10-15(12-16)25(32)33)13-23(29-30)28-26(34)35-14-21-19-8-4-2-6-17(19)18-7-3-5-9-20(18)21/h2-9,13,15-16,21H,10-12,14H2,1H3,(H,27,31)(H,32,33)(H,28,29,34)/t15-,16+/m0/s1. The molecule has 0 saturated heterocycles. The van der Waals surface area contributed by atoms with E-state index in [9.17, 15) is 14.4 Å². The number of fused-ring (bicyclic) bond motifs is 3. The van der Waals surface area contributed by atoms with Gasteiger partial charge in [0.05, 0.1) is 5.92 Å². The van der Waals surface area contributed by atoms with E-state index in [0.29, 0.717) is 19.3 Å². The zero-order chi connectivity index (χ0) is 24.5. The van der Waals surface area contributed by atoms with Crippen LogP contribution in [0, 0.1) is 5.92 Å². The minimum absolute atomic E-state index is 0.0562. The Morgan fingerprint density at radius 2 is 1.71 bits per heavy atom. The summed E-state index contributed by atoms with van der Waals surface area (Å²) in [5, 5.41) is 18.8. The number of aryl methyl sites for hydroxylation is 1. The van der Waals surface area contributed by atoms with Gasteiger partial charge < -0.3 is 15.2 Å². The Labute approximate surface area is 202 Å². The highest BCUT2D eigenvalue weighted by Crippen LogP contribution is 2.44. The molecular weight excluding hydrogens is 448 g/mol. The molecule has 5 rings (SSSR count). The highest BCUT2D eigenvalue weighted by Gasteiger charge is 2.32. The number of amides is 2. The van der Waals surface area contributed by atoms with Crippen LogP contribution in [0.3, 0.4) is 0 Å². The van der Waals surface area contributed by atoms with Crippen molar-refractivity contribution in [1.82, 2.24) is 15.1 Å². The van der Waals surface area contributed by atoms with Crippen molar-refractivity contribution in [3.05, 3.63) is 71.4 Å². The summed E-state index contributed by atoms with van der Waals surface area (Å²) >= 11 is 0. The van der Waals surface area contributed by atoms with Gasteiger partial charge in [-0.15, -0.1) is 0 Å². The van der Waals surface area contributed by atoms with Gasteiger partial charge in [-0.2, -0.15) is 5.10 Å². The number of aromatic nitrogens is 2. The Morgan fingerprint density at radius 1 is 1.06 bits per heavy atom. The molecule has 180 valence electrons. The van der Waals surface area contributed by atoms with Gasteiger partial charge in [-0.25, -0.2) is 4.79 Å². The summed E-state index contributed by atoms with van der Waals surface area (Å²) < 4.78 is 6.91. The Balaban J connectivity index is 1.20. The number of carbonyl (C=O) groups excluding carboxylic acids is 2. The molecule has 2 aliphatic rings. The molecule has 9 heteroatoms. The van der Waals surface area contributed by atoms with E-state index in [1.165, 1.54) is 10.7 Å². The fraction of sp³-hybridized carbons (Fsp3) is 0.308. The molecular formula is C26H26N4O5. The number of carboxylic acid groups (broad SMARTS) is 1. The minimum atomic E-state index is -0.836. The van der Waals surface area contributed by atoms with Crippen molar-refractivity contribution in [3.63, 3.8) is 0 Å². The molecule has 1 aromatic heterocycles. The number of rotatable bonds is 6. The first kappa shape index (κ1) is 22.6. The minimum Gasteiger partial charge on any atom is -0.481 e. The maximum Gasteiger partial charge on any atom is 0.412 e. The number of hydrogen-bond acceptors (Lipinski definition) is 5. The third-order valence-corrected chi connectivity index (χ3v) is 6.80. The third-order valence-electron chi connectivity index (χ3n) is 6.80. The highest BCUT2D eigenvalue weighted by atomic mass is 16.5. The molecule has 0 aliphatic heterocycles. The maximum atomic E-state index is 12.7. The summed E-state index contributed by atoms with van der Waals surface area (Å²) in [5.74, 6) is -1.49. The zero-order valence-electron chi connectivity index (χ0n) is 19.2. The van der Waals surface area contributed by atoms with Crippen molar-refractivity contribution in [3.8, 4) is 11.1 Å². The van der Waals surface area contributed by atoms with Crippen LogP contribution in [0.1, 0.15) is 46.8 Å². The van der Waals surface area contributed by atoms with Gasteiger partial charge in [0.15, 0.2) is 5.82 Å².